The number of benzene rings is 1. The summed E-state index contributed by atoms with van der Waals surface area (Å²) in [6, 6.07) is 4.60. The Hall–Kier alpha value is -1.75. The van der Waals surface area contributed by atoms with Gasteiger partial charge in [0.15, 0.2) is 0 Å². The molecule has 0 saturated carbocycles. The Morgan fingerprint density at radius 3 is 2.80 bits per heavy atom. The molecule has 0 aliphatic heterocycles. The first kappa shape index (κ1) is 11.3. The number of carbonyl (C=O) groups is 1. The van der Waals surface area contributed by atoms with E-state index in [-0.39, 0.29) is 12.2 Å². The van der Waals surface area contributed by atoms with Crippen molar-refractivity contribution in [3.05, 3.63) is 23.8 Å². The maximum Gasteiger partial charge on any atom is 0.252 e. The van der Waals surface area contributed by atoms with Gasteiger partial charge in [-0.15, -0.1) is 0 Å². The Bertz CT molecular complexity index is 364. The molecule has 1 aromatic carbocycles. The van der Waals surface area contributed by atoms with E-state index in [1.807, 2.05) is 0 Å². The fourth-order valence-electron chi connectivity index (χ4n) is 1.08. The van der Waals surface area contributed by atoms with E-state index in [0.29, 0.717) is 11.4 Å². The molecule has 0 heterocycles. The second-order valence-electron chi connectivity index (χ2n) is 3.28. The Morgan fingerprint density at radius 2 is 2.27 bits per heavy atom. The van der Waals surface area contributed by atoms with E-state index >= 15 is 0 Å². The fraction of sp³-hybridized carbons (Fsp3) is 0.300. The van der Waals surface area contributed by atoms with E-state index in [9.17, 15) is 4.79 Å². The van der Waals surface area contributed by atoms with E-state index in [1.54, 1.807) is 19.1 Å². The molecule has 0 radical (unpaired) electrons. The molecule has 1 rings (SSSR count). The molecule has 0 spiro atoms. The molecule has 0 bridgehead atoms. The van der Waals surface area contributed by atoms with Gasteiger partial charge in [-0.2, -0.15) is 0 Å². The standard InChI is InChI=1S/C10H14N2O3/c1-6(13)5-15-9-3-2-7(11)4-8(9)10(12)14/h2-4,6,13H,5,11H2,1H3,(H2,12,14). The molecule has 1 amide bonds. The number of ether oxygens (including phenoxy) is 1. The third kappa shape index (κ3) is 3.14. The monoisotopic (exact) mass is 210 g/mol. The van der Waals surface area contributed by atoms with Crippen LogP contribution in [0.4, 0.5) is 5.69 Å². The van der Waals surface area contributed by atoms with Gasteiger partial charge in [0.2, 0.25) is 0 Å². The van der Waals surface area contributed by atoms with E-state index in [1.165, 1.54) is 6.07 Å². The summed E-state index contributed by atoms with van der Waals surface area (Å²) in [5.41, 5.74) is 11.3. The van der Waals surface area contributed by atoms with Crippen molar-refractivity contribution in [2.24, 2.45) is 5.73 Å². The van der Waals surface area contributed by atoms with Crippen LogP contribution in [0.2, 0.25) is 0 Å². The molecule has 0 aromatic heterocycles. The maximum absolute atomic E-state index is 11.0. The molecule has 82 valence electrons. The Kier molecular flexibility index (Phi) is 3.51. The van der Waals surface area contributed by atoms with Crippen LogP contribution in [0.3, 0.4) is 0 Å². The minimum atomic E-state index is -0.608. The molecule has 0 saturated heterocycles. The van der Waals surface area contributed by atoms with Crippen LogP contribution in [0, 0.1) is 0 Å². The summed E-state index contributed by atoms with van der Waals surface area (Å²) < 4.78 is 5.21. The summed E-state index contributed by atoms with van der Waals surface area (Å²) in [5, 5.41) is 9.03. The molecule has 1 unspecified atom stereocenters. The number of nitrogen functional groups attached to an aromatic ring is 1. The number of aliphatic hydroxyl groups excluding tert-OH is 1. The average molecular weight is 210 g/mol. The number of aliphatic hydroxyl groups is 1. The van der Waals surface area contributed by atoms with Crippen molar-refractivity contribution in [3.8, 4) is 5.75 Å². The fourth-order valence-corrected chi connectivity index (χ4v) is 1.08. The number of nitrogens with two attached hydrogens (primary N) is 2. The van der Waals surface area contributed by atoms with Gasteiger partial charge in [-0.05, 0) is 25.1 Å². The molecule has 0 aliphatic rings. The number of primary amides is 1. The molecule has 5 nitrogen and oxygen atoms in total. The number of hydrogen-bond acceptors (Lipinski definition) is 4. The van der Waals surface area contributed by atoms with Gasteiger partial charge in [0, 0.05) is 5.69 Å². The largest absolute Gasteiger partial charge is 0.490 e. The third-order valence-electron chi connectivity index (χ3n) is 1.75. The van der Waals surface area contributed by atoms with E-state index < -0.39 is 12.0 Å². The number of amides is 1. The van der Waals surface area contributed by atoms with Crippen molar-refractivity contribution >= 4 is 11.6 Å². The van der Waals surface area contributed by atoms with Gasteiger partial charge in [0.1, 0.15) is 12.4 Å². The Balaban J connectivity index is 2.91. The highest BCUT2D eigenvalue weighted by Gasteiger charge is 2.10. The van der Waals surface area contributed by atoms with Gasteiger partial charge >= 0.3 is 0 Å². The van der Waals surface area contributed by atoms with Gasteiger partial charge in [-0.1, -0.05) is 0 Å². The highest BCUT2D eigenvalue weighted by atomic mass is 16.5. The van der Waals surface area contributed by atoms with Crippen molar-refractivity contribution < 1.29 is 14.6 Å². The van der Waals surface area contributed by atoms with Crippen molar-refractivity contribution in [2.75, 3.05) is 12.3 Å². The van der Waals surface area contributed by atoms with Crippen LogP contribution in [-0.4, -0.2) is 23.7 Å². The van der Waals surface area contributed by atoms with Crippen molar-refractivity contribution in [3.63, 3.8) is 0 Å². The summed E-state index contributed by atoms with van der Waals surface area (Å²) >= 11 is 0. The molecule has 1 aromatic rings. The molecule has 1 atom stereocenters. The first-order chi connectivity index (χ1) is 7.00. The SMILES string of the molecule is CC(O)COc1ccc(N)cc1C(N)=O. The number of carbonyl (C=O) groups excluding carboxylic acids is 1. The summed E-state index contributed by atoms with van der Waals surface area (Å²) in [4.78, 5) is 11.0. The molecule has 0 aliphatic carbocycles. The summed E-state index contributed by atoms with van der Waals surface area (Å²) in [5.74, 6) is -0.277. The minimum Gasteiger partial charge on any atom is -0.490 e. The summed E-state index contributed by atoms with van der Waals surface area (Å²) in [7, 11) is 0. The zero-order valence-electron chi connectivity index (χ0n) is 8.43. The highest BCUT2D eigenvalue weighted by Crippen LogP contribution is 2.20. The van der Waals surface area contributed by atoms with Gasteiger partial charge in [0.25, 0.3) is 5.91 Å². The van der Waals surface area contributed by atoms with Crippen LogP contribution in [0.25, 0.3) is 0 Å². The van der Waals surface area contributed by atoms with Crippen LogP contribution in [-0.2, 0) is 0 Å². The Labute approximate surface area is 87.6 Å². The van der Waals surface area contributed by atoms with E-state index in [4.69, 9.17) is 21.3 Å². The minimum absolute atomic E-state index is 0.101. The Morgan fingerprint density at radius 1 is 1.60 bits per heavy atom. The molecular weight excluding hydrogens is 196 g/mol. The molecular formula is C10H14N2O3. The molecule has 5 N–H and O–H groups in total. The summed E-state index contributed by atoms with van der Waals surface area (Å²) in [6.07, 6.45) is -0.608. The second kappa shape index (κ2) is 4.65. The van der Waals surface area contributed by atoms with Crippen molar-refractivity contribution in [2.45, 2.75) is 13.0 Å². The molecule has 5 heteroatoms. The maximum atomic E-state index is 11.0. The topological polar surface area (TPSA) is 98.6 Å². The number of hydrogen-bond donors (Lipinski definition) is 3. The number of rotatable bonds is 4. The van der Waals surface area contributed by atoms with Gasteiger partial charge < -0.3 is 21.3 Å². The van der Waals surface area contributed by atoms with E-state index in [2.05, 4.69) is 0 Å². The first-order valence-corrected chi connectivity index (χ1v) is 4.51. The smallest absolute Gasteiger partial charge is 0.252 e. The third-order valence-corrected chi connectivity index (χ3v) is 1.75. The zero-order valence-corrected chi connectivity index (χ0v) is 8.43. The predicted molar refractivity (Wildman–Crippen MR) is 56.5 cm³/mol. The van der Waals surface area contributed by atoms with Crippen molar-refractivity contribution in [1.29, 1.82) is 0 Å². The first-order valence-electron chi connectivity index (χ1n) is 4.51. The summed E-state index contributed by atoms with van der Waals surface area (Å²) in [6.45, 7) is 1.69. The lowest BCUT2D eigenvalue weighted by molar-refractivity contribution is 0.0983. The molecule has 0 fully saturated rings. The van der Waals surface area contributed by atoms with E-state index in [0.717, 1.165) is 0 Å². The lowest BCUT2D eigenvalue weighted by Gasteiger charge is -2.11. The quantitative estimate of drug-likeness (QED) is 0.615. The normalized spacial score (nSPS) is 12.1. The van der Waals surface area contributed by atoms with Crippen LogP contribution in [0.15, 0.2) is 18.2 Å². The zero-order chi connectivity index (χ0) is 11.4. The van der Waals surface area contributed by atoms with Crippen LogP contribution < -0.4 is 16.2 Å². The highest BCUT2D eigenvalue weighted by molar-refractivity contribution is 5.96. The van der Waals surface area contributed by atoms with Crippen LogP contribution in [0.5, 0.6) is 5.75 Å². The van der Waals surface area contributed by atoms with Crippen LogP contribution >= 0.6 is 0 Å². The molecule has 15 heavy (non-hydrogen) atoms. The lowest BCUT2D eigenvalue weighted by atomic mass is 10.1. The van der Waals surface area contributed by atoms with Gasteiger partial charge in [0.05, 0.1) is 11.7 Å². The predicted octanol–water partition coefficient (Wildman–Crippen LogP) is 0.127. The second-order valence-corrected chi connectivity index (χ2v) is 3.28. The van der Waals surface area contributed by atoms with Crippen molar-refractivity contribution in [1.82, 2.24) is 0 Å². The van der Waals surface area contributed by atoms with Gasteiger partial charge in [-0.3, -0.25) is 4.79 Å². The lowest BCUT2D eigenvalue weighted by Crippen LogP contribution is -2.17. The average Bonchev–Trinajstić information content (AvgIpc) is 2.15. The van der Waals surface area contributed by atoms with Crippen LogP contribution in [0.1, 0.15) is 17.3 Å². The van der Waals surface area contributed by atoms with Gasteiger partial charge in [-0.25, -0.2) is 0 Å². The number of anilines is 1.